The van der Waals surface area contributed by atoms with E-state index in [1.807, 2.05) is 63.2 Å². The summed E-state index contributed by atoms with van der Waals surface area (Å²) in [7, 11) is -3.87. The first-order valence-electron chi connectivity index (χ1n) is 13.4. The number of carbonyl (C=O) groups is 2. The van der Waals surface area contributed by atoms with E-state index in [1.165, 1.54) is 4.90 Å². The van der Waals surface area contributed by atoms with Crippen molar-refractivity contribution in [3.05, 3.63) is 99.0 Å². The normalized spacial score (nSPS) is 12.9. The number of carbonyl (C=O) groups excluding carboxylic acids is 2. The fourth-order valence-electron chi connectivity index (χ4n) is 4.43. The van der Waals surface area contributed by atoms with Crippen molar-refractivity contribution in [3.63, 3.8) is 0 Å². The van der Waals surface area contributed by atoms with Gasteiger partial charge in [-0.2, -0.15) is 0 Å². The average molecular weight is 619 g/mol. The van der Waals surface area contributed by atoms with Gasteiger partial charge in [0.1, 0.15) is 12.6 Å². The van der Waals surface area contributed by atoms with E-state index in [1.54, 1.807) is 31.2 Å². The molecule has 2 atom stereocenters. The first-order valence-corrected chi connectivity index (χ1v) is 16.0. The number of nitrogens with one attached hydrogen (secondary N) is 1. The molecule has 220 valence electrons. The van der Waals surface area contributed by atoms with Crippen LogP contribution in [0.3, 0.4) is 0 Å². The number of rotatable bonds is 12. The quantitative estimate of drug-likeness (QED) is 0.273. The van der Waals surface area contributed by atoms with Crippen LogP contribution >= 0.6 is 23.2 Å². The molecule has 3 aromatic rings. The van der Waals surface area contributed by atoms with E-state index in [0.29, 0.717) is 33.3 Å². The summed E-state index contributed by atoms with van der Waals surface area (Å²) in [6.45, 7) is 6.89. The largest absolute Gasteiger partial charge is 0.352 e. The number of sulfonamides is 1. The van der Waals surface area contributed by atoms with Gasteiger partial charge in [0.15, 0.2) is 0 Å². The molecule has 0 saturated carbocycles. The fraction of sp³-hybridized carbons (Fsp3) is 0.355. The van der Waals surface area contributed by atoms with Crippen LogP contribution in [0.5, 0.6) is 0 Å². The van der Waals surface area contributed by atoms with Gasteiger partial charge in [0, 0.05) is 34.6 Å². The minimum absolute atomic E-state index is 0.0901. The first kappa shape index (κ1) is 32.4. The van der Waals surface area contributed by atoms with Gasteiger partial charge in [-0.15, -0.1) is 0 Å². The van der Waals surface area contributed by atoms with Crippen LogP contribution in [-0.4, -0.2) is 50.0 Å². The highest BCUT2D eigenvalue weighted by Gasteiger charge is 2.34. The molecule has 10 heteroatoms. The predicted molar refractivity (Wildman–Crippen MR) is 167 cm³/mol. The molecular formula is C31H37Cl2N3O4S. The number of aryl methyl sites for hydroxylation is 2. The van der Waals surface area contributed by atoms with Crippen LogP contribution in [0.4, 0.5) is 5.69 Å². The lowest BCUT2D eigenvalue weighted by atomic mass is 10.0. The second-order valence-corrected chi connectivity index (χ2v) is 13.0. The maximum atomic E-state index is 14.2. The number of hydrogen-bond donors (Lipinski definition) is 1. The van der Waals surface area contributed by atoms with Crippen molar-refractivity contribution in [1.29, 1.82) is 0 Å². The molecule has 0 aliphatic heterocycles. The Kier molecular flexibility index (Phi) is 11.2. The molecule has 0 saturated heterocycles. The van der Waals surface area contributed by atoms with Gasteiger partial charge in [-0.3, -0.25) is 13.9 Å². The number of halogens is 2. The third-order valence-corrected chi connectivity index (χ3v) is 8.81. The molecule has 0 aliphatic rings. The lowest BCUT2D eigenvalue weighted by molar-refractivity contribution is -0.140. The zero-order chi connectivity index (χ0) is 30.3. The Morgan fingerprint density at radius 3 is 2.17 bits per heavy atom. The molecule has 0 radical (unpaired) electrons. The van der Waals surface area contributed by atoms with Crippen LogP contribution in [-0.2, 0) is 32.6 Å². The molecule has 0 spiro atoms. The van der Waals surface area contributed by atoms with E-state index >= 15 is 0 Å². The van der Waals surface area contributed by atoms with Crippen molar-refractivity contribution in [3.8, 4) is 0 Å². The second kappa shape index (κ2) is 14.2. The Balaban J connectivity index is 2.13. The number of amides is 2. The summed E-state index contributed by atoms with van der Waals surface area (Å²) < 4.78 is 27.2. The van der Waals surface area contributed by atoms with Crippen LogP contribution in [0.2, 0.25) is 10.0 Å². The molecular weight excluding hydrogens is 581 g/mol. The molecule has 41 heavy (non-hydrogen) atoms. The third kappa shape index (κ3) is 8.71. The molecule has 7 nitrogen and oxygen atoms in total. The summed E-state index contributed by atoms with van der Waals surface area (Å²) in [5.74, 6) is -0.912. The average Bonchev–Trinajstić information content (AvgIpc) is 2.91. The van der Waals surface area contributed by atoms with Crippen molar-refractivity contribution in [2.75, 3.05) is 17.1 Å². The summed E-state index contributed by atoms with van der Waals surface area (Å²) >= 11 is 13.0. The third-order valence-electron chi connectivity index (χ3n) is 6.97. The lowest BCUT2D eigenvalue weighted by Crippen LogP contribution is -2.54. The summed E-state index contributed by atoms with van der Waals surface area (Å²) in [4.78, 5) is 29.4. The maximum Gasteiger partial charge on any atom is 0.244 e. The van der Waals surface area contributed by atoms with Gasteiger partial charge in [-0.25, -0.2) is 8.42 Å². The Morgan fingerprint density at radius 1 is 0.951 bits per heavy atom. The number of benzene rings is 3. The highest BCUT2D eigenvalue weighted by atomic mass is 35.5. The van der Waals surface area contributed by atoms with E-state index in [-0.39, 0.29) is 24.9 Å². The molecule has 0 bridgehead atoms. The molecule has 2 amide bonds. The van der Waals surface area contributed by atoms with Crippen LogP contribution in [0.25, 0.3) is 0 Å². The highest BCUT2D eigenvalue weighted by molar-refractivity contribution is 7.92. The van der Waals surface area contributed by atoms with Crippen LogP contribution in [0, 0.1) is 13.8 Å². The Hall–Kier alpha value is -3.07. The molecule has 3 aromatic carbocycles. The zero-order valence-electron chi connectivity index (χ0n) is 24.0. The molecule has 0 aliphatic carbocycles. The summed E-state index contributed by atoms with van der Waals surface area (Å²) in [6, 6.07) is 18.7. The summed E-state index contributed by atoms with van der Waals surface area (Å²) in [6.07, 6.45) is 1.97. The van der Waals surface area contributed by atoms with Crippen LogP contribution < -0.4 is 9.62 Å². The molecule has 3 rings (SSSR count). The molecule has 0 heterocycles. The standard InChI is InChI=1S/C31H37Cl2N3O4S/c1-6-23(4)34-31(38)29(18-24-11-8-7-9-12-24)35(19-25-26(32)13-10-14-27(25)33)30(37)20-36(41(5,39)40)28-17-21(2)15-16-22(28)3/h7-17,23,29H,6,18-20H2,1-5H3,(H,34,38)/t23-,29-/m1/s1. The van der Waals surface area contributed by atoms with E-state index in [4.69, 9.17) is 23.2 Å². The predicted octanol–water partition coefficient (Wildman–Crippen LogP) is 5.93. The van der Waals surface area contributed by atoms with E-state index in [9.17, 15) is 18.0 Å². The Bertz CT molecular complexity index is 1460. The van der Waals surface area contributed by atoms with Crippen molar-refractivity contribution in [2.24, 2.45) is 0 Å². The second-order valence-electron chi connectivity index (χ2n) is 10.3. The van der Waals surface area contributed by atoms with Gasteiger partial charge in [-0.05, 0) is 62.1 Å². The number of anilines is 1. The van der Waals surface area contributed by atoms with Crippen LogP contribution in [0.15, 0.2) is 66.7 Å². The molecule has 0 unspecified atom stereocenters. The fourth-order valence-corrected chi connectivity index (χ4v) is 5.85. The first-order chi connectivity index (χ1) is 19.3. The van der Waals surface area contributed by atoms with Gasteiger partial charge >= 0.3 is 0 Å². The van der Waals surface area contributed by atoms with E-state index in [0.717, 1.165) is 21.7 Å². The summed E-state index contributed by atoms with van der Waals surface area (Å²) in [5, 5.41) is 3.68. The highest BCUT2D eigenvalue weighted by Crippen LogP contribution is 2.29. The van der Waals surface area contributed by atoms with Gasteiger partial charge in [0.2, 0.25) is 21.8 Å². The SMILES string of the molecule is CC[C@@H](C)NC(=O)[C@@H](Cc1ccccc1)N(Cc1c(Cl)cccc1Cl)C(=O)CN(c1cc(C)ccc1C)S(C)(=O)=O. The van der Waals surface area contributed by atoms with E-state index < -0.39 is 28.5 Å². The Labute approximate surface area is 253 Å². The van der Waals surface area contributed by atoms with E-state index in [2.05, 4.69) is 5.32 Å². The lowest BCUT2D eigenvalue weighted by Gasteiger charge is -2.34. The minimum Gasteiger partial charge on any atom is -0.352 e. The van der Waals surface area contributed by atoms with Gasteiger partial charge in [0.25, 0.3) is 0 Å². The molecule has 1 N–H and O–H groups in total. The zero-order valence-corrected chi connectivity index (χ0v) is 26.4. The monoisotopic (exact) mass is 617 g/mol. The summed E-state index contributed by atoms with van der Waals surface area (Å²) in [5.41, 5.74) is 3.26. The number of nitrogens with zero attached hydrogens (tertiary/aromatic N) is 2. The van der Waals surface area contributed by atoms with Crippen molar-refractivity contribution < 1.29 is 18.0 Å². The Morgan fingerprint density at radius 2 is 1.59 bits per heavy atom. The van der Waals surface area contributed by atoms with Gasteiger partial charge < -0.3 is 10.2 Å². The molecule has 0 fully saturated rings. The van der Waals surface area contributed by atoms with Gasteiger partial charge in [0.05, 0.1) is 11.9 Å². The van der Waals surface area contributed by atoms with Crippen LogP contribution in [0.1, 0.15) is 42.5 Å². The number of hydrogen-bond acceptors (Lipinski definition) is 4. The maximum absolute atomic E-state index is 14.2. The van der Waals surface area contributed by atoms with Crippen molar-refractivity contribution >= 4 is 50.7 Å². The topological polar surface area (TPSA) is 86.8 Å². The molecule has 0 aromatic heterocycles. The van der Waals surface area contributed by atoms with Crippen molar-refractivity contribution in [2.45, 2.75) is 59.2 Å². The van der Waals surface area contributed by atoms with Crippen molar-refractivity contribution in [1.82, 2.24) is 10.2 Å². The minimum atomic E-state index is -3.87. The smallest absolute Gasteiger partial charge is 0.244 e. The van der Waals surface area contributed by atoms with Gasteiger partial charge in [-0.1, -0.05) is 78.7 Å².